The van der Waals surface area contributed by atoms with Crippen LogP contribution in [0.2, 0.25) is 0 Å². The van der Waals surface area contributed by atoms with Gasteiger partial charge in [0.2, 0.25) is 0 Å². The van der Waals surface area contributed by atoms with E-state index in [-0.39, 0.29) is 11.8 Å². The van der Waals surface area contributed by atoms with Crippen molar-refractivity contribution in [1.82, 2.24) is 14.9 Å². The van der Waals surface area contributed by atoms with Gasteiger partial charge in [0.15, 0.2) is 0 Å². The molecule has 1 aromatic carbocycles. The summed E-state index contributed by atoms with van der Waals surface area (Å²) in [6.07, 6.45) is 8.53. The number of pyridine rings is 2. The number of nitrogens with zero attached hydrogens (tertiary/aromatic N) is 4. The van der Waals surface area contributed by atoms with E-state index in [1.807, 2.05) is 36.4 Å². The Morgan fingerprint density at radius 1 is 1.15 bits per heavy atom. The Labute approximate surface area is 194 Å². The van der Waals surface area contributed by atoms with Crippen molar-refractivity contribution >= 4 is 11.7 Å². The summed E-state index contributed by atoms with van der Waals surface area (Å²) in [5.41, 5.74) is 3.68. The fourth-order valence-corrected chi connectivity index (χ4v) is 4.67. The fraction of sp³-hybridized carbons (Fsp3) is 0.333. The van der Waals surface area contributed by atoms with E-state index in [0.717, 1.165) is 36.8 Å². The van der Waals surface area contributed by atoms with Gasteiger partial charge in [0.25, 0.3) is 11.7 Å². The molecule has 6 heteroatoms. The van der Waals surface area contributed by atoms with Gasteiger partial charge in [-0.25, -0.2) is 0 Å². The first-order chi connectivity index (χ1) is 16.0. The third kappa shape index (κ3) is 5.63. The van der Waals surface area contributed by atoms with E-state index in [9.17, 15) is 9.90 Å². The highest BCUT2D eigenvalue weighted by Gasteiger charge is 2.31. The van der Waals surface area contributed by atoms with Crippen LogP contribution >= 0.6 is 0 Å². The van der Waals surface area contributed by atoms with Crippen molar-refractivity contribution in [2.45, 2.75) is 38.3 Å². The standard InChI is InChI=1S/C27H28N4O2/c1-28-25-12-11-24(17-30-25)26(32)23-10-7-20(15-23)14-19-5-8-22(9-6-19)27(33)31(2)18-21-4-3-13-29-16-21/h3-6,8-9,11-13,16-17,20,23,26,32H,7,10,14-15,18H2,2H3/t20-,23-,26-/m0/s1. The second kappa shape index (κ2) is 10.4. The Hall–Kier alpha value is -3.56. The van der Waals surface area contributed by atoms with E-state index in [4.69, 9.17) is 6.57 Å². The molecule has 0 aliphatic heterocycles. The minimum absolute atomic E-state index is 0.00713. The van der Waals surface area contributed by atoms with Crippen LogP contribution in [0.5, 0.6) is 0 Å². The smallest absolute Gasteiger partial charge is 0.269 e. The number of rotatable bonds is 7. The second-order valence-electron chi connectivity index (χ2n) is 8.87. The average Bonchev–Trinajstić information content (AvgIpc) is 3.32. The SMILES string of the molecule is [C-]#[N+]c1ccc([C@@H](O)[C@H]2CC[C@@H](Cc3ccc(C(=O)N(C)Cc4cccnc4)cc3)C2)cn1. The summed E-state index contributed by atoms with van der Waals surface area (Å²) >= 11 is 0. The maximum atomic E-state index is 12.8. The lowest BCUT2D eigenvalue weighted by molar-refractivity contribution is 0.0785. The third-order valence-corrected chi connectivity index (χ3v) is 6.47. The Balaban J connectivity index is 1.31. The molecule has 0 radical (unpaired) electrons. The number of aliphatic hydroxyl groups is 1. The molecule has 1 fully saturated rings. The highest BCUT2D eigenvalue weighted by Crippen LogP contribution is 2.40. The van der Waals surface area contributed by atoms with Crippen LogP contribution in [0.3, 0.4) is 0 Å². The van der Waals surface area contributed by atoms with Crippen LogP contribution in [0.25, 0.3) is 4.85 Å². The summed E-state index contributed by atoms with van der Waals surface area (Å²) in [5.74, 6) is 1.06. The maximum absolute atomic E-state index is 12.8. The number of hydrogen-bond donors (Lipinski definition) is 1. The number of amides is 1. The van der Waals surface area contributed by atoms with E-state index < -0.39 is 6.10 Å². The van der Waals surface area contributed by atoms with Crippen LogP contribution in [-0.4, -0.2) is 32.9 Å². The van der Waals surface area contributed by atoms with Gasteiger partial charge in [0, 0.05) is 37.1 Å². The molecule has 33 heavy (non-hydrogen) atoms. The van der Waals surface area contributed by atoms with E-state index in [0.29, 0.717) is 23.8 Å². The van der Waals surface area contributed by atoms with Gasteiger partial charge in [-0.1, -0.05) is 30.8 Å². The van der Waals surface area contributed by atoms with Gasteiger partial charge in [-0.05, 0) is 72.9 Å². The lowest BCUT2D eigenvalue weighted by Crippen LogP contribution is -2.26. The number of aliphatic hydroxyl groups excluding tert-OH is 1. The number of carbonyl (C=O) groups is 1. The van der Waals surface area contributed by atoms with Gasteiger partial charge in [0.05, 0.1) is 6.10 Å². The summed E-state index contributed by atoms with van der Waals surface area (Å²) < 4.78 is 0. The van der Waals surface area contributed by atoms with E-state index in [2.05, 4.69) is 14.8 Å². The molecule has 0 spiro atoms. The van der Waals surface area contributed by atoms with Gasteiger partial charge < -0.3 is 14.9 Å². The first kappa shape index (κ1) is 22.6. The van der Waals surface area contributed by atoms with Crippen molar-refractivity contribution in [3.05, 3.63) is 101 Å². The molecule has 2 heterocycles. The summed E-state index contributed by atoms with van der Waals surface area (Å²) in [5, 5.41) is 10.8. The predicted molar refractivity (Wildman–Crippen MR) is 126 cm³/mol. The molecule has 0 unspecified atom stereocenters. The van der Waals surface area contributed by atoms with Crippen molar-refractivity contribution < 1.29 is 9.90 Å². The van der Waals surface area contributed by atoms with E-state index in [1.54, 1.807) is 42.7 Å². The lowest BCUT2D eigenvalue weighted by atomic mass is 9.92. The van der Waals surface area contributed by atoms with Crippen molar-refractivity contribution in [3.8, 4) is 0 Å². The summed E-state index contributed by atoms with van der Waals surface area (Å²) in [4.78, 5) is 26.0. The molecule has 1 aliphatic carbocycles. The first-order valence-corrected chi connectivity index (χ1v) is 11.3. The van der Waals surface area contributed by atoms with Crippen molar-refractivity contribution in [1.29, 1.82) is 0 Å². The molecule has 168 valence electrons. The summed E-state index contributed by atoms with van der Waals surface area (Å²) in [7, 11) is 1.80. The van der Waals surface area contributed by atoms with Crippen LogP contribution in [0, 0.1) is 18.4 Å². The Morgan fingerprint density at radius 2 is 1.97 bits per heavy atom. The quantitative estimate of drug-likeness (QED) is 0.526. The molecule has 1 saturated carbocycles. The highest BCUT2D eigenvalue weighted by atomic mass is 16.3. The Bertz CT molecular complexity index is 1110. The molecule has 0 saturated heterocycles. The van der Waals surface area contributed by atoms with Crippen molar-refractivity contribution in [2.24, 2.45) is 11.8 Å². The molecule has 1 N–H and O–H groups in total. The number of benzene rings is 1. The van der Waals surface area contributed by atoms with Crippen LogP contribution in [-0.2, 0) is 13.0 Å². The van der Waals surface area contributed by atoms with Crippen LogP contribution in [0.4, 0.5) is 5.82 Å². The largest absolute Gasteiger partial charge is 0.388 e. The fourth-order valence-electron chi connectivity index (χ4n) is 4.67. The minimum atomic E-state index is -0.544. The molecule has 1 amide bonds. The second-order valence-corrected chi connectivity index (χ2v) is 8.87. The monoisotopic (exact) mass is 440 g/mol. The van der Waals surface area contributed by atoms with Crippen LogP contribution in [0.1, 0.15) is 52.4 Å². The molecule has 3 atom stereocenters. The summed E-state index contributed by atoms with van der Waals surface area (Å²) in [6, 6.07) is 15.2. The van der Waals surface area contributed by atoms with Gasteiger partial charge >= 0.3 is 0 Å². The van der Waals surface area contributed by atoms with Crippen LogP contribution in [0.15, 0.2) is 67.1 Å². The van der Waals surface area contributed by atoms with Gasteiger partial charge in [-0.3, -0.25) is 9.78 Å². The zero-order chi connectivity index (χ0) is 23.2. The normalized spacial score (nSPS) is 18.5. The van der Waals surface area contributed by atoms with Gasteiger partial charge in [0.1, 0.15) is 6.20 Å². The zero-order valence-corrected chi connectivity index (χ0v) is 18.8. The van der Waals surface area contributed by atoms with Crippen molar-refractivity contribution in [2.75, 3.05) is 7.05 Å². The number of carbonyl (C=O) groups excluding carboxylic acids is 1. The lowest BCUT2D eigenvalue weighted by Gasteiger charge is -2.18. The van der Waals surface area contributed by atoms with Crippen LogP contribution < -0.4 is 0 Å². The van der Waals surface area contributed by atoms with Gasteiger partial charge in [-0.15, -0.1) is 4.98 Å². The molecule has 6 nitrogen and oxygen atoms in total. The Kier molecular flexibility index (Phi) is 7.11. The molecule has 4 rings (SSSR count). The van der Waals surface area contributed by atoms with Gasteiger partial charge in [-0.2, -0.15) is 0 Å². The highest BCUT2D eigenvalue weighted by molar-refractivity contribution is 5.94. The first-order valence-electron chi connectivity index (χ1n) is 11.3. The number of hydrogen-bond acceptors (Lipinski definition) is 4. The molecule has 1 aliphatic rings. The molecule has 2 aromatic heterocycles. The average molecular weight is 441 g/mol. The molecule has 0 bridgehead atoms. The molecular weight excluding hydrogens is 412 g/mol. The third-order valence-electron chi connectivity index (χ3n) is 6.47. The topological polar surface area (TPSA) is 70.7 Å². The summed E-state index contributed by atoms with van der Waals surface area (Å²) in [6.45, 7) is 7.53. The minimum Gasteiger partial charge on any atom is -0.388 e. The molecular formula is C27H28N4O2. The van der Waals surface area contributed by atoms with E-state index >= 15 is 0 Å². The molecule has 3 aromatic rings. The number of aromatic nitrogens is 2. The van der Waals surface area contributed by atoms with Crippen molar-refractivity contribution in [3.63, 3.8) is 0 Å². The van der Waals surface area contributed by atoms with E-state index in [1.165, 1.54) is 5.56 Å². The zero-order valence-electron chi connectivity index (χ0n) is 18.8. The maximum Gasteiger partial charge on any atom is 0.269 e. The Morgan fingerprint density at radius 3 is 2.64 bits per heavy atom. The predicted octanol–water partition coefficient (Wildman–Crippen LogP) is 4.99.